The van der Waals surface area contributed by atoms with Gasteiger partial charge in [0.25, 0.3) is 0 Å². The number of carboxylic acid groups (broad SMARTS) is 1. The second-order valence-electron chi connectivity index (χ2n) is 8.01. The minimum absolute atomic E-state index is 0.0997. The third-order valence-corrected chi connectivity index (χ3v) is 6.07. The Morgan fingerprint density at radius 3 is 2.52 bits per heavy atom. The second-order valence-corrected chi connectivity index (χ2v) is 8.01. The van der Waals surface area contributed by atoms with Crippen molar-refractivity contribution in [2.45, 2.75) is 63.5 Å². The molecule has 0 bridgehead atoms. The second kappa shape index (κ2) is 8.35. The van der Waals surface area contributed by atoms with Gasteiger partial charge in [-0.1, -0.05) is 0 Å². The number of hydrogen-bond donors (Lipinski definition) is 2. The average molecular weight is 401 g/mol. The Labute approximate surface area is 169 Å². The fourth-order valence-electron chi connectivity index (χ4n) is 4.45. The van der Waals surface area contributed by atoms with E-state index in [4.69, 9.17) is 13.9 Å². The number of methoxy groups -OCH3 is 1. The van der Waals surface area contributed by atoms with E-state index in [0.717, 1.165) is 43.9 Å². The summed E-state index contributed by atoms with van der Waals surface area (Å²) in [5.74, 6) is 0.0234. The first-order valence-electron chi connectivity index (χ1n) is 10.4. The molecule has 2 fully saturated rings. The van der Waals surface area contributed by atoms with Crippen molar-refractivity contribution in [2.24, 2.45) is 5.92 Å². The molecule has 2 saturated carbocycles. The van der Waals surface area contributed by atoms with E-state index < -0.39 is 11.6 Å². The lowest BCUT2D eigenvalue weighted by molar-refractivity contribution is -0.142. The first kappa shape index (κ1) is 19.6. The number of ether oxygens (including phenoxy) is 2. The zero-order valence-electron chi connectivity index (χ0n) is 16.6. The van der Waals surface area contributed by atoms with Gasteiger partial charge in [-0.2, -0.15) is 0 Å². The van der Waals surface area contributed by atoms with Crippen LogP contribution in [0, 0.1) is 5.92 Å². The van der Waals surface area contributed by atoms with Gasteiger partial charge in [-0.15, -0.1) is 0 Å². The molecule has 0 radical (unpaired) electrons. The number of rotatable bonds is 6. The van der Waals surface area contributed by atoms with Gasteiger partial charge in [-0.3, -0.25) is 4.79 Å². The molecule has 0 unspecified atom stereocenters. The number of benzene rings is 1. The number of aliphatic carboxylic acids is 1. The molecule has 156 valence electrons. The Bertz CT molecular complexity index is 938. The Morgan fingerprint density at radius 1 is 1.14 bits per heavy atom. The summed E-state index contributed by atoms with van der Waals surface area (Å²) < 4.78 is 17.2. The van der Waals surface area contributed by atoms with Gasteiger partial charge in [0.1, 0.15) is 0 Å². The lowest BCUT2D eigenvalue weighted by Crippen LogP contribution is -2.29. The lowest BCUT2D eigenvalue weighted by atomic mass is 9.86. The van der Waals surface area contributed by atoms with Gasteiger partial charge in [0.15, 0.2) is 11.3 Å². The maximum Gasteiger partial charge on any atom is 0.338 e. The van der Waals surface area contributed by atoms with Crippen LogP contribution < -0.4 is 20.4 Å². The normalized spacial score (nSPS) is 22.5. The number of fused-ring (bicyclic) bond motifs is 1. The number of anilines is 1. The van der Waals surface area contributed by atoms with Crippen molar-refractivity contribution in [2.75, 3.05) is 12.4 Å². The summed E-state index contributed by atoms with van der Waals surface area (Å²) in [6.07, 6.45) is 7.10. The van der Waals surface area contributed by atoms with Crippen LogP contribution in [-0.4, -0.2) is 30.3 Å². The number of carboxylic acids is 1. The van der Waals surface area contributed by atoms with Crippen molar-refractivity contribution >= 4 is 22.6 Å². The molecule has 7 heteroatoms. The van der Waals surface area contributed by atoms with Crippen LogP contribution >= 0.6 is 0 Å². The molecule has 0 amide bonds. The fraction of sp³-hybridized carbons (Fsp3) is 0.545. The van der Waals surface area contributed by atoms with Crippen LogP contribution in [-0.2, 0) is 4.79 Å². The van der Waals surface area contributed by atoms with Crippen LogP contribution in [0.15, 0.2) is 27.4 Å². The van der Waals surface area contributed by atoms with Crippen LogP contribution in [0.25, 0.3) is 11.0 Å². The Morgan fingerprint density at radius 2 is 1.86 bits per heavy atom. The summed E-state index contributed by atoms with van der Waals surface area (Å²) in [6.45, 7) is 0. The molecule has 29 heavy (non-hydrogen) atoms. The largest absolute Gasteiger partial charge is 0.493 e. The fourth-order valence-corrected chi connectivity index (χ4v) is 4.45. The average Bonchev–Trinajstić information content (AvgIpc) is 3.22. The van der Waals surface area contributed by atoms with Gasteiger partial charge in [0.05, 0.1) is 24.8 Å². The number of hydrogen-bond acceptors (Lipinski definition) is 6. The van der Waals surface area contributed by atoms with E-state index in [1.54, 1.807) is 7.11 Å². The molecule has 0 aliphatic heterocycles. The van der Waals surface area contributed by atoms with E-state index in [2.05, 4.69) is 5.32 Å². The summed E-state index contributed by atoms with van der Waals surface area (Å²) in [5.41, 5.74) is 0.628. The minimum atomic E-state index is -0.727. The van der Waals surface area contributed by atoms with Gasteiger partial charge >= 0.3 is 11.6 Å². The first-order valence-corrected chi connectivity index (χ1v) is 10.4. The topological polar surface area (TPSA) is 98.0 Å². The molecule has 1 aromatic heterocycles. The van der Waals surface area contributed by atoms with Crippen LogP contribution in [0.3, 0.4) is 0 Å². The molecular formula is C22H27NO6. The molecule has 4 rings (SSSR count). The van der Waals surface area contributed by atoms with Crippen molar-refractivity contribution in [1.29, 1.82) is 0 Å². The minimum Gasteiger partial charge on any atom is -0.493 e. The molecule has 0 atom stereocenters. The summed E-state index contributed by atoms with van der Waals surface area (Å²) in [7, 11) is 1.57. The summed E-state index contributed by atoms with van der Waals surface area (Å²) in [5, 5.41) is 13.4. The highest BCUT2D eigenvalue weighted by Crippen LogP contribution is 2.40. The molecule has 0 spiro atoms. The van der Waals surface area contributed by atoms with E-state index in [-0.39, 0.29) is 18.1 Å². The van der Waals surface area contributed by atoms with Crippen molar-refractivity contribution < 1.29 is 23.8 Å². The van der Waals surface area contributed by atoms with Crippen molar-refractivity contribution in [3.63, 3.8) is 0 Å². The van der Waals surface area contributed by atoms with Gasteiger partial charge in [0, 0.05) is 17.5 Å². The van der Waals surface area contributed by atoms with Gasteiger partial charge in [0.2, 0.25) is 5.75 Å². The van der Waals surface area contributed by atoms with Crippen molar-refractivity contribution in [1.82, 2.24) is 0 Å². The smallest absolute Gasteiger partial charge is 0.338 e. The molecule has 1 aromatic carbocycles. The van der Waals surface area contributed by atoms with Crippen molar-refractivity contribution in [3.8, 4) is 11.5 Å². The number of nitrogens with one attached hydrogen (secondary N) is 1. The van der Waals surface area contributed by atoms with Gasteiger partial charge < -0.3 is 24.3 Å². The highest BCUT2D eigenvalue weighted by molar-refractivity contribution is 5.95. The monoisotopic (exact) mass is 401 g/mol. The maximum absolute atomic E-state index is 12.3. The molecular weight excluding hydrogens is 374 g/mol. The van der Waals surface area contributed by atoms with E-state index in [0.29, 0.717) is 35.6 Å². The molecule has 1 heterocycles. The third kappa shape index (κ3) is 4.18. The maximum atomic E-state index is 12.3. The highest BCUT2D eigenvalue weighted by atomic mass is 16.5. The first-order chi connectivity index (χ1) is 14.0. The Hall–Kier alpha value is -2.70. The molecule has 2 N–H and O–H groups in total. The van der Waals surface area contributed by atoms with E-state index in [1.807, 2.05) is 12.1 Å². The van der Waals surface area contributed by atoms with E-state index >= 15 is 0 Å². The van der Waals surface area contributed by atoms with Crippen LogP contribution in [0.1, 0.15) is 51.4 Å². The third-order valence-electron chi connectivity index (χ3n) is 6.07. The Kier molecular flexibility index (Phi) is 5.65. The molecule has 2 aliphatic carbocycles. The SMILES string of the molecule is COc1ccc2c(NC3CCC(C(=O)O)CC3)cc(=O)oc2c1OC1CCCC1. The van der Waals surface area contributed by atoms with Crippen molar-refractivity contribution in [3.05, 3.63) is 28.6 Å². The predicted octanol–water partition coefficient (Wildman–Crippen LogP) is 4.18. The molecule has 2 aromatic rings. The molecule has 7 nitrogen and oxygen atoms in total. The lowest BCUT2D eigenvalue weighted by Gasteiger charge is -2.28. The van der Waals surface area contributed by atoms with Crippen LogP contribution in [0.2, 0.25) is 0 Å². The summed E-state index contributed by atoms with van der Waals surface area (Å²) >= 11 is 0. The number of carbonyl (C=O) groups is 1. The quantitative estimate of drug-likeness (QED) is 0.701. The van der Waals surface area contributed by atoms with Crippen LogP contribution in [0.4, 0.5) is 5.69 Å². The standard InChI is InChI=1S/C22H27NO6/c1-27-18-11-10-16-17(23-14-8-6-13(7-9-14)22(25)26)12-19(24)29-20(16)21(18)28-15-4-2-3-5-15/h10-15,23H,2-9H2,1H3,(H,25,26). The zero-order valence-corrected chi connectivity index (χ0v) is 16.6. The van der Waals surface area contributed by atoms with Gasteiger partial charge in [-0.05, 0) is 63.5 Å². The highest BCUT2D eigenvalue weighted by Gasteiger charge is 2.27. The summed E-state index contributed by atoms with van der Waals surface area (Å²) in [4.78, 5) is 23.5. The van der Waals surface area contributed by atoms with E-state index in [1.165, 1.54) is 6.07 Å². The molecule has 2 aliphatic rings. The van der Waals surface area contributed by atoms with E-state index in [9.17, 15) is 14.7 Å². The summed E-state index contributed by atoms with van der Waals surface area (Å²) in [6, 6.07) is 5.28. The zero-order chi connectivity index (χ0) is 20.4. The Balaban J connectivity index is 1.64. The van der Waals surface area contributed by atoms with Crippen LogP contribution in [0.5, 0.6) is 11.5 Å². The predicted molar refractivity (Wildman–Crippen MR) is 109 cm³/mol. The van der Waals surface area contributed by atoms with Gasteiger partial charge in [-0.25, -0.2) is 4.79 Å². The molecule has 0 saturated heterocycles.